The molecule has 1 aromatic heterocycles. The van der Waals surface area contributed by atoms with E-state index in [9.17, 15) is 9.59 Å². The molecule has 0 radical (unpaired) electrons. The Kier molecular flexibility index (Phi) is 7.05. The number of amides is 1. The molecule has 1 amide bonds. The molecule has 0 saturated heterocycles. The SMILES string of the molecule is C=CCOc1c(OC)cccc1C1CC(=O)Nc2nc(SCc3cccc(Cl)c3)[nH]c(=O)c21. The summed E-state index contributed by atoms with van der Waals surface area (Å²) in [5, 5.41) is 3.80. The third-order valence-corrected chi connectivity index (χ3v) is 6.32. The number of thioether (sulfide) groups is 1. The number of para-hydroxylation sites is 1. The van der Waals surface area contributed by atoms with Crippen LogP contribution in [0, 0.1) is 0 Å². The minimum Gasteiger partial charge on any atom is -0.493 e. The van der Waals surface area contributed by atoms with Gasteiger partial charge in [0.2, 0.25) is 5.91 Å². The number of methoxy groups -OCH3 is 1. The Morgan fingerprint density at radius 2 is 2.09 bits per heavy atom. The van der Waals surface area contributed by atoms with Gasteiger partial charge in [-0.1, -0.05) is 60.3 Å². The number of carbonyl (C=O) groups excluding carboxylic acids is 1. The summed E-state index contributed by atoms with van der Waals surface area (Å²) in [6.45, 7) is 3.94. The molecular formula is C24H22ClN3O4S. The number of ether oxygens (including phenoxy) is 2. The molecular weight excluding hydrogens is 462 g/mol. The molecule has 33 heavy (non-hydrogen) atoms. The minimum absolute atomic E-state index is 0.0877. The van der Waals surface area contributed by atoms with Crippen molar-refractivity contribution in [3.8, 4) is 11.5 Å². The third-order valence-electron chi connectivity index (χ3n) is 5.14. The van der Waals surface area contributed by atoms with Crippen LogP contribution in [0.4, 0.5) is 5.82 Å². The average molecular weight is 484 g/mol. The van der Waals surface area contributed by atoms with Gasteiger partial charge in [-0.25, -0.2) is 4.98 Å². The molecule has 3 aromatic rings. The Bertz CT molecular complexity index is 1260. The summed E-state index contributed by atoms with van der Waals surface area (Å²) in [7, 11) is 1.54. The molecule has 0 saturated carbocycles. The number of fused-ring (bicyclic) bond motifs is 1. The number of rotatable bonds is 8. The molecule has 0 spiro atoms. The molecule has 4 rings (SSSR count). The first-order valence-electron chi connectivity index (χ1n) is 10.2. The van der Waals surface area contributed by atoms with Crippen LogP contribution >= 0.6 is 23.4 Å². The van der Waals surface area contributed by atoms with Crippen molar-refractivity contribution in [3.05, 3.63) is 87.2 Å². The van der Waals surface area contributed by atoms with Crippen LogP contribution in [0.3, 0.4) is 0 Å². The van der Waals surface area contributed by atoms with Gasteiger partial charge in [0.05, 0.1) is 12.7 Å². The molecule has 0 aliphatic carbocycles. The van der Waals surface area contributed by atoms with Crippen LogP contribution in [0.1, 0.15) is 29.0 Å². The maximum atomic E-state index is 13.2. The van der Waals surface area contributed by atoms with Gasteiger partial charge in [0.15, 0.2) is 16.7 Å². The van der Waals surface area contributed by atoms with E-state index in [1.807, 2.05) is 24.3 Å². The fourth-order valence-electron chi connectivity index (χ4n) is 3.73. The summed E-state index contributed by atoms with van der Waals surface area (Å²) in [4.78, 5) is 33.1. The van der Waals surface area contributed by atoms with Gasteiger partial charge in [-0.15, -0.1) is 0 Å². The van der Waals surface area contributed by atoms with Gasteiger partial charge in [-0.05, 0) is 23.8 Å². The first kappa shape index (κ1) is 22.9. The summed E-state index contributed by atoms with van der Waals surface area (Å²) in [5.74, 6) is 1.05. The molecule has 2 heterocycles. The van der Waals surface area contributed by atoms with Crippen molar-refractivity contribution in [1.82, 2.24) is 9.97 Å². The van der Waals surface area contributed by atoms with Crippen molar-refractivity contribution in [1.29, 1.82) is 0 Å². The molecule has 1 unspecified atom stereocenters. The number of H-pyrrole nitrogens is 1. The van der Waals surface area contributed by atoms with Gasteiger partial charge in [0.25, 0.3) is 5.56 Å². The van der Waals surface area contributed by atoms with Gasteiger partial charge < -0.3 is 19.8 Å². The minimum atomic E-state index is -0.535. The van der Waals surface area contributed by atoms with Crippen LogP contribution in [0.25, 0.3) is 0 Å². The standard InChI is InChI=1S/C24H22ClN3O4S/c1-3-10-32-21-16(8-5-9-18(21)31-2)17-12-19(29)26-22-20(17)23(30)28-24(27-22)33-13-14-6-4-7-15(25)11-14/h3-9,11,17H,1,10,12-13H2,2H3,(H2,26,27,28,29,30). The highest BCUT2D eigenvalue weighted by Gasteiger charge is 2.33. The Hall–Kier alpha value is -3.23. The van der Waals surface area contributed by atoms with Crippen molar-refractivity contribution in [2.24, 2.45) is 0 Å². The van der Waals surface area contributed by atoms with Crippen molar-refractivity contribution in [2.75, 3.05) is 19.0 Å². The molecule has 0 bridgehead atoms. The van der Waals surface area contributed by atoms with Crippen LogP contribution in [0.2, 0.25) is 5.02 Å². The highest BCUT2D eigenvalue weighted by Crippen LogP contribution is 2.42. The van der Waals surface area contributed by atoms with Gasteiger partial charge in [0.1, 0.15) is 12.4 Å². The largest absolute Gasteiger partial charge is 0.493 e. The third kappa shape index (κ3) is 5.07. The van der Waals surface area contributed by atoms with Gasteiger partial charge in [-0.3, -0.25) is 9.59 Å². The topological polar surface area (TPSA) is 93.3 Å². The van der Waals surface area contributed by atoms with E-state index < -0.39 is 5.92 Å². The number of hydrogen-bond acceptors (Lipinski definition) is 6. The molecule has 1 atom stereocenters. The molecule has 1 aliphatic rings. The lowest BCUT2D eigenvalue weighted by molar-refractivity contribution is -0.116. The van der Waals surface area contributed by atoms with Crippen LogP contribution < -0.4 is 20.3 Å². The number of aromatic amines is 1. The van der Waals surface area contributed by atoms with E-state index in [-0.39, 0.29) is 30.3 Å². The van der Waals surface area contributed by atoms with Gasteiger partial charge in [-0.2, -0.15) is 0 Å². The van der Waals surface area contributed by atoms with Crippen LogP contribution in [-0.4, -0.2) is 29.6 Å². The van der Waals surface area contributed by atoms with E-state index in [1.165, 1.54) is 11.8 Å². The van der Waals surface area contributed by atoms with Crippen molar-refractivity contribution >= 4 is 35.1 Å². The van der Waals surface area contributed by atoms with E-state index in [0.717, 1.165) is 5.56 Å². The lowest BCUT2D eigenvalue weighted by Crippen LogP contribution is -2.31. The summed E-state index contributed by atoms with van der Waals surface area (Å²) < 4.78 is 11.3. The molecule has 9 heteroatoms. The number of carbonyl (C=O) groups is 1. The smallest absolute Gasteiger partial charge is 0.257 e. The van der Waals surface area contributed by atoms with Crippen molar-refractivity contribution in [3.63, 3.8) is 0 Å². The highest BCUT2D eigenvalue weighted by molar-refractivity contribution is 7.98. The zero-order valence-corrected chi connectivity index (χ0v) is 19.5. The van der Waals surface area contributed by atoms with E-state index >= 15 is 0 Å². The van der Waals surface area contributed by atoms with Crippen LogP contribution in [-0.2, 0) is 10.5 Å². The summed E-state index contributed by atoms with van der Waals surface area (Å²) in [6.07, 6.45) is 1.71. The van der Waals surface area contributed by atoms with E-state index in [1.54, 1.807) is 31.4 Å². The van der Waals surface area contributed by atoms with Crippen LogP contribution in [0.15, 0.2) is 65.1 Å². The maximum absolute atomic E-state index is 13.2. The second-order valence-electron chi connectivity index (χ2n) is 7.34. The van der Waals surface area contributed by atoms with Crippen molar-refractivity contribution in [2.45, 2.75) is 23.2 Å². The van der Waals surface area contributed by atoms with E-state index in [2.05, 4.69) is 21.9 Å². The molecule has 1 aliphatic heterocycles. The predicted octanol–water partition coefficient (Wildman–Crippen LogP) is 4.76. The van der Waals surface area contributed by atoms with Gasteiger partial charge in [0, 0.05) is 28.7 Å². The lowest BCUT2D eigenvalue weighted by atomic mass is 9.86. The zero-order valence-electron chi connectivity index (χ0n) is 17.9. The second kappa shape index (κ2) is 10.1. The fraction of sp³-hybridized carbons (Fsp3) is 0.208. The summed E-state index contributed by atoms with van der Waals surface area (Å²) in [5.41, 5.74) is 1.75. The Morgan fingerprint density at radius 1 is 1.27 bits per heavy atom. The number of benzene rings is 2. The fourth-order valence-corrected chi connectivity index (χ4v) is 4.74. The van der Waals surface area contributed by atoms with E-state index in [0.29, 0.717) is 38.6 Å². The lowest BCUT2D eigenvalue weighted by Gasteiger charge is -2.26. The number of anilines is 1. The van der Waals surface area contributed by atoms with Gasteiger partial charge >= 0.3 is 0 Å². The number of hydrogen-bond donors (Lipinski definition) is 2. The molecule has 2 N–H and O–H groups in total. The maximum Gasteiger partial charge on any atom is 0.257 e. The van der Waals surface area contributed by atoms with E-state index in [4.69, 9.17) is 21.1 Å². The number of aromatic nitrogens is 2. The first-order chi connectivity index (χ1) is 16.0. The first-order valence-corrected chi connectivity index (χ1v) is 11.6. The Balaban J connectivity index is 1.70. The quantitative estimate of drug-likeness (QED) is 0.272. The molecule has 0 fully saturated rings. The summed E-state index contributed by atoms with van der Waals surface area (Å²) >= 11 is 7.40. The molecule has 2 aromatic carbocycles. The zero-order chi connectivity index (χ0) is 23.4. The highest BCUT2D eigenvalue weighted by atomic mass is 35.5. The second-order valence-corrected chi connectivity index (χ2v) is 8.74. The number of halogens is 1. The molecule has 170 valence electrons. The number of nitrogens with one attached hydrogen (secondary N) is 2. The Morgan fingerprint density at radius 3 is 2.85 bits per heavy atom. The molecule has 7 nitrogen and oxygen atoms in total. The summed E-state index contributed by atoms with van der Waals surface area (Å²) in [6, 6.07) is 12.9. The normalized spacial score (nSPS) is 14.8. The van der Waals surface area contributed by atoms with Crippen LogP contribution in [0.5, 0.6) is 11.5 Å². The average Bonchev–Trinajstić information content (AvgIpc) is 2.80. The monoisotopic (exact) mass is 483 g/mol. The van der Waals surface area contributed by atoms with Crippen molar-refractivity contribution < 1.29 is 14.3 Å². The number of nitrogens with zero attached hydrogens (tertiary/aromatic N) is 1. The Labute approximate surface area is 200 Å². The predicted molar refractivity (Wildman–Crippen MR) is 130 cm³/mol.